The van der Waals surface area contributed by atoms with E-state index in [9.17, 15) is 8.42 Å². The van der Waals surface area contributed by atoms with Gasteiger partial charge in [-0.1, -0.05) is 12.1 Å². The third-order valence-electron chi connectivity index (χ3n) is 4.31. The molecule has 1 aromatic carbocycles. The van der Waals surface area contributed by atoms with Crippen molar-refractivity contribution in [2.75, 3.05) is 33.8 Å². The van der Waals surface area contributed by atoms with Gasteiger partial charge < -0.3 is 15.0 Å². The van der Waals surface area contributed by atoms with Crippen molar-refractivity contribution >= 4 is 40.0 Å². The summed E-state index contributed by atoms with van der Waals surface area (Å²) in [5.74, 6) is 0.863. The number of halogens is 1. The average molecular weight is 496 g/mol. The van der Waals surface area contributed by atoms with Crippen molar-refractivity contribution in [2.45, 2.75) is 37.3 Å². The van der Waals surface area contributed by atoms with Gasteiger partial charge in [-0.05, 0) is 44.5 Å². The largest absolute Gasteiger partial charge is 0.378 e. The van der Waals surface area contributed by atoms with Gasteiger partial charge >= 0.3 is 0 Å². The van der Waals surface area contributed by atoms with Gasteiger partial charge in [0, 0.05) is 33.3 Å². The number of sulfonamides is 1. The van der Waals surface area contributed by atoms with Gasteiger partial charge in [-0.25, -0.2) is 13.1 Å². The van der Waals surface area contributed by atoms with Crippen LogP contribution in [0.1, 0.15) is 25.3 Å². The van der Waals surface area contributed by atoms with Gasteiger partial charge in [-0.3, -0.25) is 4.99 Å². The number of hydrogen-bond acceptors (Lipinski definition) is 4. The maximum atomic E-state index is 11.7. The highest BCUT2D eigenvalue weighted by molar-refractivity contribution is 14.0. The van der Waals surface area contributed by atoms with E-state index in [-0.39, 0.29) is 28.9 Å². The number of guanidine groups is 1. The summed E-state index contributed by atoms with van der Waals surface area (Å²) in [5.41, 5.74) is 1.00. The summed E-state index contributed by atoms with van der Waals surface area (Å²) in [6, 6.07) is 6.84. The number of nitrogens with one attached hydrogen (secondary N) is 2. The molecule has 0 saturated carbocycles. The lowest BCUT2D eigenvalue weighted by molar-refractivity contribution is 0.0263. The highest BCUT2D eigenvalue weighted by Crippen LogP contribution is 2.14. The van der Waals surface area contributed by atoms with Crippen molar-refractivity contribution in [3.05, 3.63) is 29.8 Å². The second-order valence-electron chi connectivity index (χ2n) is 5.89. The molecule has 0 unspecified atom stereocenters. The molecule has 2 rings (SSSR count). The minimum Gasteiger partial charge on any atom is -0.378 e. The first-order valence-corrected chi connectivity index (χ1v) is 10.1. The molecule has 0 amide bonds. The van der Waals surface area contributed by atoms with Gasteiger partial charge in [-0.15, -0.1) is 24.0 Å². The molecule has 1 saturated heterocycles. The van der Waals surface area contributed by atoms with Gasteiger partial charge in [0.05, 0.1) is 11.0 Å². The third kappa shape index (κ3) is 6.36. The lowest BCUT2D eigenvalue weighted by Gasteiger charge is -2.34. The Morgan fingerprint density at radius 1 is 1.27 bits per heavy atom. The summed E-state index contributed by atoms with van der Waals surface area (Å²) in [5, 5.41) is 3.34. The first-order valence-electron chi connectivity index (χ1n) is 8.59. The van der Waals surface area contributed by atoms with Crippen LogP contribution >= 0.6 is 24.0 Å². The average Bonchev–Trinajstić information content (AvgIpc) is 2.64. The Balaban J connectivity index is 0.00000338. The minimum absolute atomic E-state index is 0. The predicted molar refractivity (Wildman–Crippen MR) is 115 cm³/mol. The molecule has 0 radical (unpaired) electrons. The molecule has 1 fully saturated rings. The fraction of sp³-hybridized carbons (Fsp3) is 0.588. The SMILES string of the molecule is CCOC1CCN(C(=NC)NCc2ccc(S(=O)(=O)NC)cc2)CC1.I. The molecule has 0 aromatic heterocycles. The van der Waals surface area contributed by atoms with Crippen LogP contribution in [0.4, 0.5) is 0 Å². The Morgan fingerprint density at radius 3 is 2.38 bits per heavy atom. The molecule has 9 heteroatoms. The summed E-state index contributed by atoms with van der Waals surface area (Å²) in [4.78, 5) is 6.85. The molecule has 0 spiro atoms. The maximum Gasteiger partial charge on any atom is 0.240 e. The Labute approximate surface area is 173 Å². The van der Waals surface area contributed by atoms with Crippen molar-refractivity contribution in [2.24, 2.45) is 4.99 Å². The molecular formula is C17H29IN4O3S. The van der Waals surface area contributed by atoms with Crippen LogP contribution in [0.3, 0.4) is 0 Å². The molecule has 0 aliphatic carbocycles. The second kappa shape index (κ2) is 11.1. The number of piperidine rings is 1. The fourth-order valence-corrected chi connectivity index (χ4v) is 3.62. The van der Waals surface area contributed by atoms with Gasteiger partial charge in [0.1, 0.15) is 0 Å². The highest BCUT2D eigenvalue weighted by atomic mass is 127. The molecule has 2 N–H and O–H groups in total. The topological polar surface area (TPSA) is 83.0 Å². The quantitative estimate of drug-likeness (QED) is 0.357. The molecule has 1 heterocycles. The van der Waals surface area contributed by atoms with Crippen molar-refractivity contribution in [1.29, 1.82) is 0 Å². The Hall–Kier alpha value is -0.910. The van der Waals surface area contributed by atoms with E-state index < -0.39 is 10.0 Å². The second-order valence-corrected chi connectivity index (χ2v) is 7.78. The smallest absolute Gasteiger partial charge is 0.240 e. The van der Waals surface area contributed by atoms with E-state index in [1.54, 1.807) is 19.2 Å². The summed E-state index contributed by atoms with van der Waals surface area (Å²) in [6.07, 6.45) is 2.36. The zero-order valence-corrected chi connectivity index (χ0v) is 18.7. The van der Waals surface area contributed by atoms with Crippen molar-refractivity contribution in [3.8, 4) is 0 Å². The van der Waals surface area contributed by atoms with E-state index in [0.29, 0.717) is 12.6 Å². The number of nitrogens with zero attached hydrogens (tertiary/aromatic N) is 2. The lowest BCUT2D eigenvalue weighted by atomic mass is 10.1. The standard InChI is InChI=1S/C17H28N4O3S.HI/c1-4-24-15-9-11-21(12-10-15)17(18-2)20-13-14-5-7-16(8-6-14)25(22,23)19-3;/h5-8,15,19H,4,9-13H2,1-3H3,(H,18,20);1H. The van der Waals surface area contributed by atoms with Gasteiger partial charge in [0.2, 0.25) is 10.0 Å². The van der Waals surface area contributed by atoms with Crippen LogP contribution in [0.15, 0.2) is 34.2 Å². The van der Waals surface area contributed by atoms with E-state index in [1.165, 1.54) is 7.05 Å². The van der Waals surface area contributed by atoms with E-state index in [2.05, 4.69) is 19.9 Å². The molecule has 1 aromatic rings. The van der Waals surface area contributed by atoms with Crippen molar-refractivity contribution in [3.63, 3.8) is 0 Å². The normalized spacial score (nSPS) is 16.3. The summed E-state index contributed by atoms with van der Waals surface area (Å²) in [7, 11) is -0.209. The lowest BCUT2D eigenvalue weighted by Crippen LogP contribution is -2.46. The first kappa shape index (κ1) is 23.1. The van der Waals surface area contributed by atoms with Crippen LogP contribution in [0.25, 0.3) is 0 Å². The zero-order valence-electron chi connectivity index (χ0n) is 15.6. The van der Waals surface area contributed by atoms with E-state index in [1.807, 2.05) is 19.1 Å². The fourth-order valence-electron chi connectivity index (χ4n) is 2.89. The van der Waals surface area contributed by atoms with Crippen molar-refractivity contribution in [1.82, 2.24) is 14.9 Å². The van der Waals surface area contributed by atoms with Crippen LogP contribution in [0.2, 0.25) is 0 Å². The van der Waals surface area contributed by atoms with Gasteiger partial charge in [-0.2, -0.15) is 0 Å². The molecular weight excluding hydrogens is 467 g/mol. The maximum absolute atomic E-state index is 11.7. The molecule has 1 aliphatic rings. The van der Waals surface area contributed by atoms with Crippen LogP contribution < -0.4 is 10.0 Å². The number of aliphatic imine (C=N–C) groups is 1. The van der Waals surface area contributed by atoms with Crippen LogP contribution in [0, 0.1) is 0 Å². The Kier molecular flexibility index (Phi) is 9.83. The highest BCUT2D eigenvalue weighted by Gasteiger charge is 2.21. The van der Waals surface area contributed by atoms with Crippen LogP contribution in [-0.4, -0.2) is 59.2 Å². The van der Waals surface area contributed by atoms with E-state index in [0.717, 1.165) is 44.1 Å². The monoisotopic (exact) mass is 496 g/mol. The Morgan fingerprint density at radius 2 is 1.88 bits per heavy atom. The summed E-state index contributed by atoms with van der Waals surface area (Å²) in [6.45, 7) is 5.22. The van der Waals surface area contributed by atoms with Crippen LogP contribution in [-0.2, 0) is 21.3 Å². The van der Waals surface area contributed by atoms with Gasteiger partial charge in [0.25, 0.3) is 0 Å². The first-order chi connectivity index (χ1) is 12.0. The number of benzene rings is 1. The third-order valence-corrected chi connectivity index (χ3v) is 5.74. The zero-order chi connectivity index (χ0) is 18.3. The predicted octanol–water partition coefficient (Wildman–Crippen LogP) is 1.79. The van der Waals surface area contributed by atoms with Crippen LogP contribution in [0.5, 0.6) is 0 Å². The summed E-state index contributed by atoms with van der Waals surface area (Å²) >= 11 is 0. The number of ether oxygens (including phenoxy) is 1. The minimum atomic E-state index is -3.39. The Bertz CT molecular complexity index is 672. The molecule has 7 nitrogen and oxygen atoms in total. The number of likely N-dealkylation sites (tertiary alicyclic amines) is 1. The van der Waals surface area contributed by atoms with Crippen molar-refractivity contribution < 1.29 is 13.2 Å². The molecule has 148 valence electrons. The van der Waals surface area contributed by atoms with Gasteiger partial charge in [0.15, 0.2) is 5.96 Å². The number of rotatable bonds is 6. The van der Waals surface area contributed by atoms with E-state index in [4.69, 9.17) is 4.74 Å². The molecule has 1 aliphatic heterocycles. The summed E-state index contributed by atoms with van der Waals surface area (Å²) < 4.78 is 31.5. The number of hydrogen-bond donors (Lipinski definition) is 2. The molecule has 0 bridgehead atoms. The molecule has 26 heavy (non-hydrogen) atoms. The molecule has 0 atom stereocenters. The van der Waals surface area contributed by atoms with E-state index >= 15 is 0 Å².